The number of hydrogen-bond acceptors (Lipinski definition) is 1. The topological polar surface area (TPSA) is 3.24 Å². The SMILES string of the molecule is C#C[C@H](C#Cc1ccc(F)cc1)N(Cc1ccccc1)Cc1ccccc1. The van der Waals surface area contributed by atoms with Crippen LogP contribution in [0, 0.1) is 30.0 Å². The Hall–Kier alpha value is -3.33. The van der Waals surface area contributed by atoms with Crippen molar-refractivity contribution in [1.29, 1.82) is 0 Å². The molecule has 0 heterocycles. The van der Waals surface area contributed by atoms with Crippen LogP contribution < -0.4 is 0 Å². The molecule has 1 atom stereocenters. The van der Waals surface area contributed by atoms with Crippen molar-refractivity contribution in [3.05, 3.63) is 107 Å². The maximum absolute atomic E-state index is 13.1. The van der Waals surface area contributed by atoms with E-state index in [1.54, 1.807) is 12.1 Å². The summed E-state index contributed by atoms with van der Waals surface area (Å²) in [5.74, 6) is 8.77. The van der Waals surface area contributed by atoms with Gasteiger partial charge in [0.2, 0.25) is 0 Å². The molecule has 0 amide bonds. The maximum atomic E-state index is 13.1. The molecule has 0 aliphatic rings. The molecule has 0 unspecified atom stereocenters. The third kappa shape index (κ3) is 5.58. The summed E-state index contributed by atoms with van der Waals surface area (Å²) in [6.45, 7) is 1.39. The highest BCUT2D eigenvalue weighted by Gasteiger charge is 2.15. The van der Waals surface area contributed by atoms with E-state index in [9.17, 15) is 4.39 Å². The molecule has 1 nitrogen and oxygen atoms in total. The van der Waals surface area contributed by atoms with Crippen molar-refractivity contribution in [2.24, 2.45) is 0 Å². The van der Waals surface area contributed by atoms with E-state index in [0.29, 0.717) is 13.1 Å². The lowest BCUT2D eigenvalue weighted by Crippen LogP contribution is -2.32. The zero-order valence-electron chi connectivity index (χ0n) is 15.0. The molecule has 0 saturated carbocycles. The second-order valence-electron chi connectivity index (χ2n) is 6.22. The lowest BCUT2D eigenvalue weighted by molar-refractivity contribution is 0.253. The first kappa shape index (κ1) is 18.5. The van der Waals surface area contributed by atoms with Gasteiger partial charge in [0.25, 0.3) is 0 Å². The number of hydrogen-bond donors (Lipinski definition) is 0. The van der Waals surface area contributed by atoms with E-state index in [-0.39, 0.29) is 11.9 Å². The van der Waals surface area contributed by atoms with Gasteiger partial charge in [-0.2, -0.15) is 0 Å². The first-order valence-electron chi connectivity index (χ1n) is 8.80. The van der Waals surface area contributed by atoms with E-state index in [0.717, 1.165) is 5.56 Å². The van der Waals surface area contributed by atoms with E-state index in [1.165, 1.54) is 23.3 Å². The van der Waals surface area contributed by atoms with Crippen LogP contribution >= 0.6 is 0 Å². The van der Waals surface area contributed by atoms with Crippen molar-refractivity contribution < 1.29 is 4.39 Å². The molecule has 3 rings (SSSR count). The Balaban J connectivity index is 1.85. The molecule has 0 radical (unpaired) electrons. The van der Waals surface area contributed by atoms with Gasteiger partial charge in [0.1, 0.15) is 11.9 Å². The van der Waals surface area contributed by atoms with Crippen molar-refractivity contribution in [2.45, 2.75) is 19.1 Å². The molecule has 0 aliphatic heterocycles. The molecule has 0 N–H and O–H groups in total. The van der Waals surface area contributed by atoms with Crippen LogP contribution in [0.3, 0.4) is 0 Å². The zero-order valence-corrected chi connectivity index (χ0v) is 15.0. The van der Waals surface area contributed by atoms with Gasteiger partial charge < -0.3 is 0 Å². The average molecular weight is 353 g/mol. The van der Waals surface area contributed by atoms with E-state index in [2.05, 4.69) is 46.9 Å². The minimum atomic E-state index is -0.351. The summed E-state index contributed by atoms with van der Waals surface area (Å²) < 4.78 is 13.1. The van der Waals surface area contributed by atoms with Gasteiger partial charge in [-0.05, 0) is 35.4 Å². The first-order chi connectivity index (χ1) is 13.2. The van der Waals surface area contributed by atoms with Gasteiger partial charge in [-0.3, -0.25) is 4.90 Å². The predicted molar refractivity (Wildman–Crippen MR) is 108 cm³/mol. The van der Waals surface area contributed by atoms with Crippen LogP contribution in [0.4, 0.5) is 4.39 Å². The van der Waals surface area contributed by atoms with Crippen LogP contribution in [-0.4, -0.2) is 10.9 Å². The third-order valence-electron chi connectivity index (χ3n) is 4.18. The monoisotopic (exact) mass is 353 g/mol. The van der Waals surface area contributed by atoms with E-state index >= 15 is 0 Å². The number of rotatable bonds is 5. The van der Waals surface area contributed by atoms with Crippen molar-refractivity contribution in [2.75, 3.05) is 0 Å². The van der Waals surface area contributed by atoms with Gasteiger partial charge in [-0.1, -0.05) is 78.4 Å². The number of halogens is 1. The van der Waals surface area contributed by atoms with E-state index < -0.39 is 0 Å². The highest BCUT2D eigenvalue weighted by Crippen LogP contribution is 2.13. The minimum absolute atomic E-state index is 0.274. The lowest BCUT2D eigenvalue weighted by atomic mass is 10.1. The number of terminal acetylenes is 1. The van der Waals surface area contributed by atoms with Crippen LogP contribution in [-0.2, 0) is 13.1 Å². The molecule has 3 aromatic carbocycles. The van der Waals surface area contributed by atoms with Gasteiger partial charge >= 0.3 is 0 Å². The van der Waals surface area contributed by atoms with Gasteiger partial charge in [-0.25, -0.2) is 4.39 Å². The summed E-state index contributed by atoms with van der Waals surface area (Å²) in [6, 6.07) is 26.2. The normalized spacial score (nSPS) is 11.3. The molecule has 0 bridgehead atoms. The van der Waals surface area contributed by atoms with E-state index in [1.807, 2.05) is 36.4 Å². The van der Waals surface area contributed by atoms with Crippen molar-refractivity contribution in [1.82, 2.24) is 4.90 Å². The number of benzene rings is 3. The van der Waals surface area contributed by atoms with Crippen LogP contribution in [0.15, 0.2) is 84.9 Å². The van der Waals surface area contributed by atoms with Gasteiger partial charge in [0.15, 0.2) is 0 Å². The number of nitrogens with zero attached hydrogens (tertiary/aromatic N) is 1. The largest absolute Gasteiger partial charge is 0.271 e. The van der Waals surface area contributed by atoms with Gasteiger partial charge in [0, 0.05) is 18.7 Å². The van der Waals surface area contributed by atoms with Crippen molar-refractivity contribution in [3.63, 3.8) is 0 Å². The predicted octanol–water partition coefficient (Wildman–Crippen LogP) is 4.88. The average Bonchev–Trinajstić information content (AvgIpc) is 2.71. The quantitative estimate of drug-likeness (QED) is 0.591. The molecule has 0 saturated heterocycles. The molecule has 0 spiro atoms. The standard InChI is InChI=1S/C25H20FN/c1-2-25(18-15-21-13-16-24(26)17-14-21)27(19-22-9-5-3-6-10-22)20-23-11-7-4-8-12-23/h1,3-14,16-17,25H,19-20H2/t25-/m1/s1. The molecule has 0 aromatic heterocycles. The van der Waals surface area contributed by atoms with E-state index in [4.69, 9.17) is 6.42 Å². The fraction of sp³-hybridized carbons (Fsp3) is 0.120. The Morgan fingerprint density at radius 1 is 0.778 bits per heavy atom. The highest BCUT2D eigenvalue weighted by molar-refractivity contribution is 5.37. The van der Waals surface area contributed by atoms with Crippen LogP contribution in [0.25, 0.3) is 0 Å². The molecule has 27 heavy (non-hydrogen) atoms. The zero-order chi connectivity index (χ0) is 18.9. The summed E-state index contributed by atoms with van der Waals surface area (Å²) in [7, 11) is 0. The summed E-state index contributed by atoms with van der Waals surface area (Å²) in [6.07, 6.45) is 5.82. The fourth-order valence-corrected chi connectivity index (χ4v) is 2.80. The Morgan fingerprint density at radius 2 is 1.30 bits per heavy atom. The summed E-state index contributed by atoms with van der Waals surface area (Å²) in [5, 5.41) is 0. The highest BCUT2D eigenvalue weighted by atomic mass is 19.1. The molecule has 132 valence electrons. The summed E-state index contributed by atoms with van der Waals surface area (Å²) in [5.41, 5.74) is 3.10. The van der Waals surface area contributed by atoms with Gasteiger partial charge in [0.05, 0.1) is 0 Å². The Morgan fingerprint density at radius 3 is 1.78 bits per heavy atom. The molecular weight excluding hydrogens is 333 g/mol. The summed E-state index contributed by atoms with van der Waals surface area (Å²) >= 11 is 0. The maximum Gasteiger partial charge on any atom is 0.134 e. The molecule has 0 aliphatic carbocycles. The van der Waals surface area contributed by atoms with Crippen LogP contribution in [0.1, 0.15) is 16.7 Å². The molecular formula is C25H20FN. The van der Waals surface area contributed by atoms with Gasteiger partial charge in [-0.15, -0.1) is 6.42 Å². The van der Waals surface area contributed by atoms with Crippen LogP contribution in [0.5, 0.6) is 0 Å². The smallest absolute Gasteiger partial charge is 0.134 e. The first-order valence-corrected chi connectivity index (χ1v) is 8.80. The fourth-order valence-electron chi connectivity index (χ4n) is 2.80. The molecule has 2 heteroatoms. The molecule has 3 aromatic rings. The minimum Gasteiger partial charge on any atom is -0.271 e. The van der Waals surface area contributed by atoms with Crippen molar-refractivity contribution in [3.8, 4) is 24.2 Å². The third-order valence-corrected chi connectivity index (χ3v) is 4.18. The van der Waals surface area contributed by atoms with Crippen LogP contribution in [0.2, 0.25) is 0 Å². The Bertz CT molecular complexity index is 903. The van der Waals surface area contributed by atoms with Crippen molar-refractivity contribution >= 4 is 0 Å². The Kier molecular flexibility index (Phi) is 6.42. The summed E-state index contributed by atoms with van der Waals surface area (Å²) in [4.78, 5) is 2.17. The Labute approximate surface area is 160 Å². The lowest BCUT2D eigenvalue weighted by Gasteiger charge is -2.25. The second kappa shape index (κ2) is 9.39. The second-order valence-corrected chi connectivity index (χ2v) is 6.22. The molecule has 0 fully saturated rings.